The van der Waals surface area contributed by atoms with E-state index >= 15 is 0 Å². The fraction of sp³-hybridized carbons (Fsp3) is 0.118. The molecule has 0 aliphatic heterocycles. The highest BCUT2D eigenvalue weighted by atomic mass is 32.2. The molecular formula is C17H16N2O3S2. The summed E-state index contributed by atoms with van der Waals surface area (Å²) in [7, 11) is -4.18. The normalized spacial score (nSPS) is 12.5. The van der Waals surface area contributed by atoms with E-state index in [9.17, 15) is 8.42 Å². The molecule has 0 atom stereocenters. The number of thiazole rings is 1. The van der Waals surface area contributed by atoms with Crippen LogP contribution in [0.25, 0.3) is 11.3 Å². The van der Waals surface area contributed by atoms with Crippen molar-refractivity contribution in [2.75, 3.05) is 0 Å². The van der Waals surface area contributed by atoms with Crippen LogP contribution in [0, 0.1) is 0 Å². The maximum atomic E-state index is 11.1. The average molecular weight is 360 g/mol. The quantitative estimate of drug-likeness (QED) is 0.721. The molecule has 0 aliphatic rings. The summed E-state index contributed by atoms with van der Waals surface area (Å²) in [4.78, 5) is 5.28. The fourth-order valence-electron chi connectivity index (χ4n) is 2.37. The van der Waals surface area contributed by atoms with Crippen molar-refractivity contribution in [2.24, 2.45) is 4.99 Å². The van der Waals surface area contributed by atoms with Crippen LogP contribution in [0.2, 0.25) is 0 Å². The lowest BCUT2D eigenvalue weighted by atomic mass is 10.2. The zero-order valence-electron chi connectivity index (χ0n) is 13.0. The van der Waals surface area contributed by atoms with Gasteiger partial charge in [-0.25, -0.2) is 4.99 Å². The third-order valence-corrected chi connectivity index (χ3v) is 5.27. The van der Waals surface area contributed by atoms with E-state index in [4.69, 9.17) is 4.55 Å². The van der Waals surface area contributed by atoms with Gasteiger partial charge in [0.05, 0.1) is 16.3 Å². The number of benzene rings is 2. The van der Waals surface area contributed by atoms with Gasteiger partial charge in [0.15, 0.2) is 4.80 Å². The van der Waals surface area contributed by atoms with E-state index in [1.807, 2.05) is 18.2 Å². The maximum absolute atomic E-state index is 11.1. The van der Waals surface area contributed by atoms with Crippen LogP contribution in [0.4, 0.5) is 5.69 Å². The van der Waals surface area contributed by atoms with Gasteiger partial charge < -0.3 is 4.57 Å². The Kier molecular flexibility index (Phi) is 4.66. The predicted molar refractivity (Wildman–Crippen MR) is 94.9 cm³/mol. The third kappa shape index (κ3) is 3.48. The second kappa shape index (κ2) is 6.72. The average Bonchev–Trinajstić information content (AvgIpc) is 2.98. The summed E-state index contributed by atoms with van der Waals surface area (Å²) in [5.41, 5.74) is 2.85. The first-order chi connectivity index (χ1) is 11.5. The van der Waals surface area contributed by atoms with Crippen LogP contribution in [0.3, 0.4) is 0 Å². The highest BCUT2D eigenvalue weighted by molar-refractivity contribution is 7.85. The van der Waals surface area contributed by atoms with Gasteiger partial charge in [-0.2, -0.15) is 8.42 Å². The van der Waals surface area contributed by atoms with Gasteiger partial charge >= 0.3 is 0 Å². The Morgan fingerprint density at radius 1 is 1.08 bits per heavy atom. The fourth-order valence-corrected chi connectivity index (χ4v) is 3.84. The maximum Gasteiger partial charge on any atom is 0.294 e. The van der Waals surface area contributed by atoms with Crippen molar-refractivity contribution in [1.82, 2.24) is 4.57 Å². The summed E-state index contributed by atoms with van der Waals surface area (Å²) in [6.07, 6.45) is 0. The first-order valence-electron chi connectivity index (χ1n) is 7.35. The molecule has 0 aliphatic carbocycles. The Bertz CT molecular complexity index is 1000. The van der Waals surface area contributed by atoms with Gasteiger partial charge in [0.25, 0.3) is 10.1 Å². The molecule has 24 heavy (non-hydrogen) atoms. The molecule has 0 radical (unpaired) electrons. The molecule has 0 fully saturated rings. The predicted octanol–water partition coefficient (Wildman–Crippen LogP) is 3.72. The van der Waals surface area contributed by atoms with Crippen LogP contribution in [0.1, 0.15) is 6.92 Å². The Hall–Kier alpha value is -2.22. The molecule has 1 aromatic heterocycles. The first-order valence-corrected chi connectivity index (χ1v) is 9.67. The summed E-state index contributed by atoms with van der Waals surface area (Å²) in [5, 5.41) is 2.06. The smallest absolute Gasteiger partial charge is 0.294 e. The van der Waals surface area contributed by atoms with E-state index in [1.54, 1.807) is 12.1 Å². The lowest BCUT2D eigenvalue weighted by molar-refractivity contribution is 0.483. The van der Waals surface area contributed by atoms with E-state index in [0.29, 0.717) is 5.69 Å². The topological polar surface area (TPSA) is 71.7 Å². The molecule has 5 nitrogen and oxygen atoms in total. The number of nitrogens with zero attached hydrogens (tertiary/aromatic N) is 2. The third-order valence-electron chi connectivity index (χ3n) is 3.54. The number of hydrogen-bond donors (Lipinski definition) is 1. The monoisotopic (exact) mass is 360 g/mol. The second-order valence-corrected chi connectivity index (χ2v) is 7.35. The lowest BCUT2D eigenvalue weighted by Crippen LogP contribution is -2.14. The molecule has 124 valence electrons. The summed E-state index contributed by atoms with van der Waals surface area (Å²) in [5.74, 6) is 0. The van der Waals surface area contributed by atoms with Crippen molar-refractivity contribution >= 4 is 27.1 Å². The van der Waals surface area contributed by atoms with Crippen molar-refractivity contribution in [3.05, 3.63) is 64.8 Å². The van der Waals surface area contributed by atoms with Crippen molar-refractivity contribution in [2.45, 2.75) is 18.4 Å². The summed E-state index contributed by atoms with van der Waals surface area (Å²) in [6, 6.07) is 15.9. The zero-order valence-corrected chi connectivity index (χ0v) is 14.6. The van der Waals surface area contributed by atoms with E-state index in [2.05, 4.69) is 34.0 Å². The van der Waals surface area contributed by atoms with Gasteiger partial charge in [0.2, 0.25) is 0 Å². The minimum absolute atomic E-state index is 0.138. The van der Waals surface area contributed by atoms with Gasteiger partial charge in [-0.1, -0.05) is 30.3 Å². The number of rotatable bonds is 4. The second-order valence-electron chi connectivity index (χ2n) is 5.09. The van der Waals surface area contributed by atoms with Gasteiger partial charge in [-0.15, -0.1) is 11.3 Å². The molecule has 0 saturated carbocycles. The number of hydrogen-bond acceptors (Lipinski definition) is 4. The van der Waals surface area contributed by atoms with E-state index in [1.165, 1.54) is 23.5 Å². The van der Waals surface area contributed by atoms with Gasteiger partial charge in [0, 0.05) is 11.9 Å². The lowest BCUT2D eigenvalue weighted by Gasteiger charge is -2.05. The molecule has 2 aromatic carbocycles. The van der Waals surface area contributed by atoms with Crippen molar-refractivity contribution in [3.8, 4) is 11.3 Å². The Labute approximate surface area is 144 Å². The minimum atomic E-state index is -4.18. The Morgan fingerprint density at radius 2 is 1.75 bits per heavy atom. The molecule has 0 unspecified atom stereocenters. The zero-order chi connectivity index (χ0) is 17.2. The highest BCUT2D eigenvalue weighted by Gasteiger charge is 2.09. The SMILES string of the molecule is CCn1c(-c2ccccc2)cs/c1=N\c1ccc(S(=O)(=O)O)cc1. The Balaban J connectivity index is 2.04. The molecule has 3 rings (SSSR count). The molecule has 0 spiro atoms. The largest absolute Gasteiger partial charge is 0.317 e. The van der Waals surface area contributed by atoms with Gasteiger partial charge in [0.1, 0.15) is 0 Å². The van der Waals surface area contributed by atoms with Crippen LogP contribution in [0.5, 0.6) is 0 Å². The molecule has 0 amide bonds. The van der Waals surface area contributed by atoms with Gasteiger partial charge in [-0.05, 0) is 36.8 Å². The molecule has 1 N–H and O–H groups in total. The van der Waals surface area contributed by atoms with E-state index in [-0.39, 0.29) is 4.90 Å². The molecular weight excluding hydrogens is 344 g/mol. The van der Waals surface area contributed by atoms with Crippen molar-refractivity contribution in [3.63, 3.8) is 0 Å². The van der Waals surface area contributed by atoms with Crippen LogP contribution < -0.4 is 4.80 Å². The molecule has 0 bridgehead atoms. The van der Waals surface area contributed by atoms with Crippen molar-refractivity contribution in [1.29, 1.82) is 0 Å². The molecule has 7 heteroatoms. The van der Waals surface area contributed by atoms with Crippen LogP contribution in [-0.4, -0.2) is 17.5 Å². The highest BCUT2D eigenvalue weighted by Crippen LogP contribution is 2.21. The van der Waals surface area contributed by atoms with Crippen LogP contribution in [0.15, 0.2) is 69.9 Å². The Morgan fingerprint density at radius 3 is 2.33 bits per heavy atom. The molecule has 1 heterocycles. The van der Waals surface area contributed by atoms with Gasteiger partial charge in [-0.3, -0.25) is 4.55 Å². The minimum Gasteiger partial charge on any atom is -0.317 e. The first kappa shape index (κ1) is 16.6. The summed E-state index contributed by atoms with van der Waals surface area (Å²) in [6.45, 7) is 2.83. The standard InChI is InChI=1S/C17H16N2O3S2/c1-2-19-16(13-6-4-3-5-7-13)12-23-17(19)18-14-8-10-15(11-9-14)24(20,21)22/h3-12H,2H2,1H3,(H,20,21,22)/b18-17-. The van der Waals surface area contributed by atoms with Crippen LogP contribution >= 0.6 is 11.3 Å². The molecule has 0 saturated heterocycles. The summed E-state index contributed by atoms with van der Waals surface area (Å²) < 4.78 is 33.3. The van der Waals surface area contributed by atoms with Crippen LogP contribution in [-0.2, 0) is 16.7 Å². The molecule has 3 aromatic rings. The summed E-state index contributed by atoms with van der Waals surface area (Å²) >= 11 is 1.53. The van der Waals surface area contributed by atoms with Crippen molar-refractivity contribution < 1.29 is 13.0 Å². The van der Waals surface area contributed by atoms with E-state index < -0.39 is 10.1 Å². The van der Waals surface area contributed by atoms with E-state index in [0.717, 1.165) is 22.6 Å². The number of aromatic nitrogens is 1.